The van der Waals surface area contributed by atoms with Crippen molar-refractivity contribution in [1.82, 2.24) is 19.6 Å². The van der Waals surface area contributed by atoms with Gasteiger partial charge in [-0.1, -0.05) is 6.07 Å². The molecule has 29 heavy (non-hydrogen) atoms. The lowest BCUT2D eigenvalue weighted by Gasteiger charge is -2.11. The molecule has 0 fully saturated rings. The number of anilines is 1. The molecule has 1 N–H and O–H groups in total. The molecule has 0 aliphatic carbocycles. The Morgan fingerprint density at radius 3 is 2.76 bits per heavy atom. The van der Waals surface area contributed by atoms with Gasteiger partial charge in [-0.05, 0) is 41.4 Å². The molecule has 9 nitrogen and oxygen atoms in total. The van der Waals surface area contributed by atoms with Crippen LogP contribution in [-0.2, 0) is 6.54 Å². The summed E-state index contributed by atoms with van der Waals surface area (Å²) >= 11 is 5.67. The van der Waals surface area contributed by atoms with Gasteiger partial charge in [0.2, 0.25) is 11.8 Å². The van der Waals surface area contributed by atoms with Crippen LogP contribution in [0.25, 0.3) is 17.2 Å². The van der Waals surface area contributed by atoms with Crippen molar-refractivity contribution in [3.05, 3.63) is 53.9 Å². The number of ether oxygens (including phenoxy) is 2. The molecule has 148 valence electrons. The molecule has 0 aliphatic rings. The van der Waals surface area contributed by atoms with Crippen molar-refractivity contribution in [2.24, 2.45) is 0 Å². The molecule has 0 saturated heterocycles. The smallest absolute Gasteiger partial charge is 0.257 e. The molecule has 0 spiro atoms. The fraction of sp³-hybridized carbons (Fsp3) is 0.158. The molecular formula is C19H16ClN5O4. The maximum Gasteiger partial charge on any atom is 0.257 e. The highest BCUT2D eigenvalue weighted by molar-refractivity contribution is 6.68. The van der Waals surface area contributed by atoms with E-state index < -0.39 is 5.24 Å². The third-order valence-electron chi connectivity index (χ3n) is 4.22. The third kappa shape index (κ3) is 3.59. The average molecular weight is 414 g/mol. The molecule has 0 radical (unpaired) electrons. The molecule has 10 heteroatoms. The maximum atomic E-state index is 11.8. The number of hydrogen-bond acceptors (Lipinski definition) is 8. The summed E-state index contributed by atoms with van der Waals surface area (Å²) in [5.74, 6) is 2.43. The van der Waals surface area contributed by atoms with E-state index in [-0.39, 0.29) is 11.2 Å². The SMILES string of the molecule is COc1ccc(CNc2ncc(C(=O)Cl)c3nc(-c4ccco4)nn23)cc1OC. The highest BCUT2D eigenvalue weighted by Crippen LogP contribution is 2.28. The van der Waals surface area contributed by atoms with Crippen molar-refractivity contribution in [3.63, 3.8) is 0 Å². The second-order valence-electron chi connectivity index (χ2n) is 5.96. The van der Waals surface area contributed by atoms with Gasteiger partial charge in [0, 0.05) is 12.7 Å². The molecule has 0 unspecified atom stereocenters. The normalized spacial score (nSPS) is 10.9. The lowest BCUT2D eigenvalue weighted by Crippen LogP contribution is -2.09. The first kappa shape index (κ1) is 18.8. The predicted octanol–water partition coefficient (Wildman–Crippen LogP) is 3.39. The second kappa shape index (κ2) is 7.80. The van der Waals surface area contributed by atoms with Crippen molar-refractivity contribution in [3.8, 4) is 23.1 Å². The fourth-order valence-corrected chi connectivity index (χ4v) is 2.95. The number of rotatable bonds is 7. The van der Waals surface area contributed by atoms with E-state index in [0.29, 0.717) is 35.6 Å². The van der Waals surface area contributed by atoms with Crippen molar-refractivity contribution in [2.45, 2.75) is 6.54 Å². The number of furan rings is 1. The van der Waals surface area contributed by atoms with Gasteiger partial charge in [-0.3, -0.25) is 4.79 Å². The van der Waals surface area contributed by atoms with Crippen LogP contribution < -0.4 is 14.8 Å². The van der Waals surface area contributed by atoms with Gasteiger partial charge < -0.3 is 19.2 Å². The monoisotopic (exact) mass is 413 g/mol. The van der Waals surface area contributed by atoms with E-state index in [0.717, 1.165) is 5.56 Å². The number of nitrogens with one attached hydrogen (secondary N) is 1. The van der Waals surface area contributed by atoms with Crippen LogP contribution in [0.15, 0.2) is 47.2 Å². The average Bonchev–Trinajstić information content (AvgIpc) is 3.41. The minimum Gasteiger partial charge on any atom is -0.493 e. The standard InChI is InChI=1S/C19H16ClN5O4/c1-27-13-6-5-11(8-15(13)28-2)9-21-19-22-10-12(16(20)26)18-23-17(24-25(18)19)14-4-3-7-29-14/h3-8,10H,9H2,1-2H3,(H,21,22). The topological polar surface area (TPSA) is 104 Å². The van der Waals surface area contributed by atoms with Crippen LogP contribution in [0.3, 0.4) is 0 Å². The van der Waals surface area contributed by atoms with Crippen LogP contribution >= 0.6 is 11.6 Å². The van der Waals surface area contributed by atoms with Crippen molar-refractivity contribution >= 4 is 28.4 Å². The van der Waals surface area contributed by atoms with E-state index in [4.69, 9.17) is 25.5 Å². The molecule has 0 aliphatic heterocycles. The summed E-state index contributed by atoms with van der Waals surface area (Å²) < 4.78 is 17.3. The predicted molar refractivity (Wildman–Crippen MR) is 106 cm³/mol. The molecule has 0 saturated carbocycles. The Balaban J connectivity index is 1.69. The molecule has 4 aromatic rings. The maximum absolute atomic E-state index is 11.8. The second-order valence-corrected chi connectivity index (χ2v) is 6.30. The largest absolute Gasteiger partial charge is 0.493 e. The van der Waals surface area contributed by atoms with Gasteiger partial charge in [0.25, 0.3) is 5.24 Å². The summed E-state index contributed by atoms with van der Waals surface area (Å²) in [5, 5.41) is 6.91. The van der Waals surface area contributed by atoms with Crippen LogP contribution in [0.1, 0.15) is 15.9 Å². The lowest BCUT2D eigenvalue weighted by molar-refractivity contribution is 0.108. The lowest BCUT2D eigenvalue weighted by atomic mass is 10.2. The summed E-state index contributed by atoms with van der Waals surface area (Å²) in [5.41, 5.74) is 1.36. The van der Waals surface area contributed by atoms with E-state index in [1.807, 2.05) is 18.2 Å². The minimum absolute atomic E-state index is 0.147. The summed E-state index contributed by atoms with van der Waals surface area (Å²) in [6.45, 7) is 0.423. The van der Waals surface area contributed by atoms with Gasteiger partial charge in [-0.2, -0.15) is 4.52 Å². The Morgan fingerprint density at radius 2 is 2.07 bits per heavy atom. The molecule has 0 atom stereocenters. The van der Waals surface area contributed by atoms with Gasteiger partial charge >= 0.3 is 0 Å². The molecular weight excluding hydrogens is 398 g/mol. The molecule has 0 bridgehead atoms. The van der Waals surface area contributed by atoms with Crippen LogP contribution in [-0.4, -0.2) is 39.0 Å². The number of carbonyl (C=O) groups excluding carboxylic acids is 1. The van der Waals surface area contributed by atoms with Gasteiger partial charge in [-0.25, -0.2) is 9.97 Å². The van der Waals surface area contributed by atoms with Gasteiger partial charge in [-0.15, -0.1) is 5.10 Å². The van der Waals surface area contributed by atoms with E-state index in [2.05, 4.69) is 20.4 Å². The fourth-order valence-electron chi connectivity index (χ4n) is 2.81. The Morgan fingerprint density at radius 1 is 1.24 bits per heavy atom. The number of halogens is 1. The van der Waals surface area contributed by atoms with Crippen molar-refractivity contribution < 1.29 is 18.7 Å². The Kier molecular flexibility index (Phi) is 5.05. The van der Waals surface area contributed by atoms with E-state index in [1.54, 1.807) is 26.4 Å². The Hall–Kier alpha value is -3.59. The number of methoxy groups -OCH3 is 2. The number of aromatic nitrogens is 4. The molecule has 3 aromatic heterocycles. The van der Waals surface area contributed by atoms with Crippen molar-refractivity contribution in [2.75, 3.05) is 19.5 Å². The van der Waals surface area contributed by atoms with Gasteiger partial charge in [0.15, 0.2) is 22.9 Å². The first-order chi connectivity index (χ1) is 14.1. The molecule has 0 amide bonds. The van der Waals surface area contributed by atoms with Gasteiger partial charge in [0.05, 0.1) is 26.0 Å². The summed E-state index contributed by atoms with van der Waals surface area (Å²) in [7, 11) is 3.16. The number of nitrogens with zero attached hydrogens (tertiary/aromatic N) is 4. The zero-order valence-electron chi connectivity index (χ0n) is 15.5. The minimum atomic E-state index is -0.674. The number of carbonyl (C=O) groups is 1. The summed E-state index contributed by atoms with van der Waals surface area (Å²) in [6.07, 6.45) is 2.88. The van der Waals surface area contributed by atoms with E-state index in [9.17, 15) is 4.79 Å². The zero-order valence-corrected chi connectivity index (χ0v) is 16.3. The zero-order chi connectivity index (χ0) is 20.4. The Bertz CT molecular complexity index is 1170. The third-order valence-corrected chi connectivity index (χ3v) is 4.42. The first-order valence-corrected chi connectivity index (χ1v) is 8.92. The molecule has 1 aromatic carbocycles. The highest BCUT2D eigenvalue weighted by Gasteiger charge is 2.18. The molecule has 4 rings (SSSR count). The van der Waals surface area contributed by atoms with Gasteiger partial charge in [0.1, 0.15) is 0 Å². The quantitative estimate of drug-likeness (QED) is 0.460. The first-order valence-electron chi connectivity index (χ1n) is 8.55. The Labute approximate surface area is 170 Å². The van der Waals surface area contributed by atoms with E-state index >= 15 is 0 Å². The number of hydrogen-bond donors (Lipinski definition) is 1. The van der Waals surface area contributed by atoms with E-state index in [1.165, 1.54) is 17.0 Å². The number of fused-ring (bicyclic) bond motifs is 1. The molecule has 3 heterocycles. The number of benzene rings is 1. The van der Waals surface area contributed by atoms with Crippen LogP contribution in [0.5, 0.6) is 11.5 Å². The summed E-state index contributed by atoms with van der Waals surface area (Å²) in [4.78, 5) is 20.4. The van der Waals surface area contributed by atoms with Crippen LogP contribution in [0.2, 0.25) is 0 Å². The highest BCUT2D eigenvalue weighted by atomic mass is 35.5. The van der Waals surface area contributed by atoms with Crippen LogP contribution in [0.4, 0.5) is 5.95 Å². The van der Waals surface area contributed by atoms with Crippen molar-refractivity contribution in [1.29, 1.82) is 0 Å². The summed E-state index contributed by atoms with van der Waals surface area (Å²) in [6, 6.07) is 9.02. The van der Waals surface area contributed by atoms with Crippen LogP contribution in [0, 0.1) is 0 Å².